The fourth-order valence-corrected chi connectivity index (χ4v) is 3.08. The van der Waals surface area contributed by atoms with Gasteiger partial charge < -0.3 is 37.2 Å². The van der Waals surface area contributed by atoms with Crippen molar-refractivity contribution in [3.8, 4) is 11.1 Å². The van der Waals surface area contributed by atoms with E-state index in [1.165, 1.54) is 38.2 Å². The van der Waals surface area contributed by atoms with E-state index in [4.69, 9.17) is 0 Å². The average molecular weight is 410 g/mol. The summed E-state index contributed by atoms with van der Waals surface area (Å²) in [4.78, 5) is 0. The van der Waals surface area contributed by atoms with Gasteiger partial charge in [-0.05, 0) is 16.3 Å². The van der Waals surface area contributed by atoms with Crippen LogP contribution in [-0.4, -0.2) is 0 Å². The van der Waals surface area contributed by atoms with Gasteiger partial charge in [-0.2, -0.15) is 6.07 Å². The van der Waals surface area contributed by atoms with Crippen LogP contribution in [0.5, 0.6) is 0 Å². The number of halogens is 3. The van der Waals surface area contributed by atoms with Crippen LogP contribution in [0.25, 0.3) is 32.7 Å². The van der Waals surface area contributed by atoms with Crippen molar-refractivity contribution in [2.45, 2.75) is 6.92 Å². The summed E-state index contributed by atoms with van der Waals surface area (Å²) in [6, 6.07) is 26.2. The van der Waals surface area contributed by atoms with Gasteiger partial charge in [-0.15, -0.1) is 34.5 Å². The normalized spacial score (nSPS) is 9.38. The molecule has 24 heavy (non-hydrogen) atoms. The molecule has 0 bridgehead atoms. The third-order valence-electron chi connectivity index (χ3n) is 3.97. The first-order valence-electron chi connectivity index (χ1n) is 6.97. The number of hydrogen-bond acceptors (Lipinski definition) is 0. The van der Waals surface area contributed by atoms with E-state index in [1.807, 2.05) is 0 Å². The first-order valence-corrected chi connectivity index (χ1v) is 6.97. The van der Waals surface area contributed by atoms with E-state index in [9.17, 15) is 0 Å². The van der Waals surface area contributed by atoms with Crippen molar-refractivity contribution >= 4 is 21.5 Å². The Bertz CT molecular complexity index is 923. The number of hydrogen-bond donors (Lipinski definition) is 0. The molecular formula is C20H15Cl3Ti. The summed E-state index contributed by atoms with van der Waals surface area (Å²) in [5.41, 5.74) is 3.97. The van der Waals surface area contributed by atoms with Gasteiger partial charge in [-0.25, -0.2) is 0 Å². The quantitative estimate of drug-likeness (QED) is 0.228. The zero-order valence-corrected chi connectivity index (χ0v) is 16.9. The van der Waals surface area contributed by atoms with Gasteiger partial charge in [-0.1, -0.05) is 61.0 Å². The van der Waals surface area contributed by atoms with Crippen LogP contribution in [0.2, 0.25) is 0 Å². The molecule has 0 saturated heterocycles. The summed E-state index contributed by atoms with van der Waals surface area (Å²) in [5.74, 6) is 0. The van der Waals surface area contributed by atoms with Crippen molar-refractivity contribution < 1.29 is 58.9 Å². The summed E-state index contributed by atoms with van der Waals surface area (Å²) >= 11 is 0. The maximum atomic E-state index is 2.28. The standard InChI is InChI=1S/C20H15.3ClH.Ti/c1-14-12-16-8-5-11-19(20(16)13-14)18-10-4-7-15-6-2-3-9-17(15)18;;;;/h2-13H,1H3;3*1H;/q-1;;;;+4/p-3. The molecular weight excluding hydrogens is 394 g/mol. The van der Waals surface area contributed by atoms with Crippen molar-refractivity contribution in [3.05, 3.63) is 78.4 Å². The largest absolute Gasteiger partial charge is 4.00 e. The van der Waals surface area contributed by atoms with Gasteiger partial charge in [0.1, 0.15) is 0 Å². The maximum absolute atomic E-state index is 2.28. The minimum Gasteiger partial charge on any atom is -1.00 e. The second kappa shape index (κ2) is 9.56. The van der Waals surface area contributed by atoms with E-state index in [0.717, 1.165) is 0 Å². The summed E-state index contributed by atoms with van der Waals surface area (Å²) in [6.07, 6.45) is 0. The Balaban J connectivity index is 0.00000132. The number of fused-ring (bicyclic) bond motifs is 2. The molecule has 0 aromatic heterocycles. The van der Waals surface area contributed by atoms with Crippen molar-refractivity contribution in [2.24, 2.45) is 0 Å². The first kappa shape index (κ1) is 23.1. The average Bonchev–Trinajstić information content (AvgIpc) is 2.87. The second-order valence-electron chi connectivity index (χ2n) is 5.37. The van der Waals surface area contributed by atoms with E-state index in [0.29, 0.717) is 0 Å². The predicted octanol–water partition coefficient (Wildman–Crippen LogP) is -3.30. The number of rotatable bonds is 1. The molecule has 0 radical (unpaired) electrons. The van der Waals surface area contributed by atoms with Crippen molar-refractivity contribution in [1.82, 2.24) is 0 Å². The molecule has 0 amide bonds. The van der Waals surface area contributed by atoms with E-state index >= 15 is 0 Å². The van der Waals surface area contributed by atoms with Crippen molar-refractivity contribution in [1.29, 1.82) is 0 Å². The summed E-state index contributed by atoms with van der Waals surface area (Å²) in [6.45, 7) is 2.16. The SMILES string of the molecule is Cc1cc2c(-c3cccc4ccccc34)cccc2[cH-]1.[Cl-].[Cl-].[Cl-].[Ti+4]. The van der Waals surface area contributed by atoms with Crippen LogP contribution < -0.4 is 37.2 Å². The molecule has 0 unspecified atom stereocenters. The minimum atomic E-state index is 0. The molecule has 0 aliphatic carbocycles. The third-order valence-corrected chi connectivity index (χ3v) is 3.97. The first-order chi connectivity index (χ1) is 9.83. The molecule has 0 fully saturated rings. The van der Waals surface area contributed by atoms with Gasteiger partial charge in [0.05, 0.1) is 0 Å². The van der Waals surface area contributed by atoms with Crippen LogP contribution in [0.15, 0.2) is 72.8 Å². The molecule has 0 atom stereocenters. The number of benzene rings is 3. The van der Waals surface area contributed by atoms with Gasteiger partial charge >= 0.3 is 21.7 Å². The Labute approximate surface area is 176 Å². The Hall–Kier alpha value is -0.886. The molecule has 0 N–H and O–H groups in total. The van der Waals surface area contributed by atoms with Crippen LogP contribution in [0.1, 0.15) is 5.56 Å². The van der Waals surface area contributed by atoms with Crippen LogP contribution in [-0.2, 0) is 21.7 Å². The molecule has 4 aromatic rings. The van der Waals surface area contributed by atoms with E-state index in [2.05, 4.69) is 79.7 Å². The summed E-state index contributed by atoms with van der Waals surface area (Å²) in [5, 5.41) is 5.29. The smallest absolute Gasteiger partial charge is 1.00 e. The molecule has 0 nitrogen and oxygen atoms in total. The monoisotopic (exact) mass is 408 g/mol. The van der Waals surface area contributed by atoms with Gasteiger partial charge in [-0.3, -0.25) is 0 Å². The van der Waals surface area contributed by atoms with Crippen LogP contribution >= 0.6 is 0 Å². The van der Waals surface area contributed by atoms with Gasteiger partial charge in [0.15, 0.2) is 0 Å². The van der Waals surface area contributed by atoms with E-state index < -0.39 is 0 Å². The molecule has 0 aliphatic rings. The Kier molecular flexibility index (Phi) is 9.21. The molecule has 4 aromatic carbocycles. The summed E-state index contributed by atoms with van der Waals surface area (Å²) < 4.78 is 0. The Morgan fingerprint density at radius 1 is 0.667 bits per heavy atom. The van der Waals surface area contributed by atoms with Crippen molar-refractivity contribution in [2.75, 3.05) is 0 Å². The Morgan fingerprint density at radius 3 is 2.00 bits per heavy atom. The molecule has 120 valence electrons. The summed E-state index contributed by atoms with van der Waals surface area (Å²) in [7, 11) is 0. The van der Waals surface area contributed by atoms with Gasteiger partial charge in [0.2, 0.25) is 0 Å². The Morgan fingerprint density at radius 2 is 1.25 bits per heavy atom. The topological polar surface area (TPSA) is 0 Å². The number of aryl methyl sites for hydroxylation is 1. The molecule has 0 saturated carbocycles. The molecule has 4 rings (SSSR count). The minimum absolute atomic E-state index is 0. The zero-order valence-electron chi connectivity index (χ0n) is 13.1. The van der Waals surface area contributed by atoms with Crippen molar-refractivity contribution in [3.63, 3.8) is 0 Å². The van der Waals surface area contributed by atoms with Crippen LogP contribution in [0, 0.1) is 6.92 Å². The van der Waals surface area contributed by atoms with Gasteiger partial charge in [0, 0.05) is 0 Å². The second-order valence-corrected chi connectivity index (χ2v) is 5.37. The third kappa shape index (κ3) is 4.02. The molecule has 4 heteroatoms. The van der Waals surface area contributed by atoms with E-state index in [-0.39, 0.29) is 58.9 Å². The fourth-order valence-electron chi connectivity index (χ4n) is 3.08. The maximum Gasteiger partial charge on any atom is 4.00 e. The van der Waals surface area contributed by atoms with Crippen LogP contribution in [0.4, 0.5) is 0 Å². The molecule has 0 heterocycles. The fraction of sp³-hybridized carbons (Fsp3) is 0.0500. The van der Waals surface area contributed by atoms with Crippen LogP contribution in [0.3, 0.4) is 0 Å². The molecule has 0 spiro atoms. The molecule has 0 aliphatic heterocycles. The van der Waals surface area contributed by atoms with Gasteiger partial charge in [0.25, 0.3) is 0 Å². The zero-order chi connectivity index (χ0) is 13.5. The van der Waals surface area contributed by atoms with E-state index in [1.54, 1.807) is 0 Å². The predicted molar refractivity (Wildman–Crippen MR) is 87.2 cm³/mol.